The second-order valence-electron chi connectivity index (χ2n) is 5.86. The van der Waals surface area contributed by atoms with Gasteiger partial charge in [0.25, 0.3) is 0 Å². The number of nitrogens with zero attached hydrogens (tertiary/aromatic N) is 1. The van der Waals surface area contributed by atoms with Gasteiger partial charge in [-0.2, -0.15) is 0 Å². The van der Waals surface area contributed by atoms with Crippen LogP contribution in [0.5, 0.6) is 0 Å². The maximum absolute atomic E-state index is 12.7. The number of hydrogen-bond acceptors (Lipinski definition) is 4. The second-order valence-corrected chi connectivity index (χ2v) is 7.01. The van der Waals surface area contributed by atoms with Gasteiger partial charge in [-0.15, -0.1) is 11.8 Å². The Kier molecular flexibility index (Phi) is 3.47. The lowest BCUT2D eigenvalue weighted by Gasteiger charge is -2.31. The van der Waals surface area contributed by atoms with Crippen molar-refractivity contribution in [1.82, 2.24) is 10.2 Å². The van der Waals surface area contributed by atoms with Crippen molar-refractivity contribution < 1.29 is 14.7 Å². The van der Waals surface area contributed by atoms with Crippen molar-refractivity contribution in [3.63, 3.8) is 0 Å². The first kappa shape index (κ1) is 13.2. The molecular formula is C13H20N2O3S. The van der Waals surface area contributed by atoms with Gasteiger partial charge in [-0.25, -0.2) is 4.79 Å². The fourth-order valence-electron chi connectivity index (χ4n) is 3.07. The number of rotatable bonds is 3. The molecule has 2 N–H and O–H groups in total. The molecule has 106 valence electrons. The molecular weight excluding hydrogens is 264 g/mol. The number of aliphatic carboxylic acids is 1. The topological polar surface area (TPSA) is 69.6 Å². The Morgan fingerprint density at radius 2 is 2.05 bits per heavy atom. The summed E-state index contributed by atoms with van der Waals surface area (Å²) in [6.45, 7) is 2.91. The van der Waals surface area contributed by atoms with Gasteiger partial charge < -0.3 is 15.3 Å². The van der Waals surface area contributed by atoms with Crippen LogP contribution in [-0.2, 0) is 9.59 Å². The molecule has 1 aliphatic carbocycles. The average Bonchev–Trinajstić information content (AvgIpc) is 2.97. The molecule has 5 nitrogen and oxygen atoms in total. The van der Waals surface area contributed by atoms with Crippen LogP contribution in [0.3, 0.4) is 0 Å². The van der Waals surface area contributed by atoms with Gasteiger partial charge in [-0.3, -0.25) is 4.79 Å². The Morgan fingerprint density at radius 3 is 2.58 bits per heavy atom. The van der Waals surface area contributed by atoms with Crippen molar-refractivity contribution in [2.45, 2.75) is 43.6 Å². The van der Waals surface area contributed by atoms with Crippen LogP contribution in [0, 0.1) is 11.8 Å². The van der Waals surface area contributed by atoms with E-state index >= 15 is 0 Å². The van der Waals surface area contributed by atoms with Crippen molar-refractivity contribution in [3.05, 3.63) is 0 Å². The van der Waals surface area contributed by atoms with Crippen molar-refractivity contribution in [1.29, 1.82) is 0 Å². The normalized spacial score (nSPS) is 38.7. The van der Waals surface area contributed by atoms with E-state index in [2.05, 4.69) is 12.2 Å². The Hall–Kier alpha value is -0.750. The highest BCUT2D eigenvalue weighted by molar-refractivity contribution is 8.00. The second kappa shape index (κ2) is 4.98. The molecule has 2 aliphatic heterocycles. The van der Waals surface area contributed by atoms with E-state index in [1.807, 2.05) is 0 Å². The Morgan fingerprint density at radius 1 is 1.32 bits per heavy atom. The molecule has 3 fully saturated rings. The third kappa shape index (κ3) is 2.36. The number of carbonyl (C=O) groups excluding carboxylic acids is 1. The van der Waals surface area contributed by atoms with Crippen LogP contribution in [0.15, 0.2) is 0 Å². The molecule has 0 radical (unpaired) electrons. The van der Waals surface area contributed by atoms with Crippen LogP contribution in [0.4, 0.5) is 0 Å². The minimum absolute atomic E-state index is 0.000648. The maximum Gasteiger partial charge on any atom is 0.327 e. The van der Waals surface area contributed by atoms with Crippen molar-refractivity contribution in [3.8, 4) is 0 Å². The molecule has 19 heavy (non-hydrogen) atoms. The summed E-state index contributed by atoms with van der Waals surface area (Å²) in [4.78, 5) is 25.7. The first-order valence-corrected chi connectivity index (χ1v) is 8.04. The molecule has 3 aliphatic rings. The van der Waals surface area contributed by atoms with Crippen LogP contribution < -0.4 is 5.32 Å². The molecule has 4 unspecified atom stereocenters. The fourth-order valence-corrected chi connectivity index (χ4v) is 4.71. The predicted octanol–water partition coefficient (Wildman–Crippen LogP) is 0.749. The first-order valence-electron chi connectivity index (χ1n) is 6.99. The van der Waals surface area contributed by atoms with Gasteiger partial charge in [0.05, 0.1) is 11.4 Å². The molecule has 0 aromatic carbocycles. The molecule has 2 saturated heterocycles. The van der Waals surface area contributed by atoms with E-state index < -0.39 is 12.0 Å². The zero-order valence-electron chi connectivity index (χ0n) is 11.0. The lowest BCUT2D eigenvalue weighted by atomic mass is 10.0. The monoisotopic (exact) mass is 284 g/mol. The van der Waals surface area contributed by atoms with Crippen LogP contribution in [0.2, 0.25) is 0 Å². The van der Waals surface area contributed by atoms with Crippen LogP contribution in [0.25, 0.3) is 0 Å². The molecule has 0 bridgehead atoms. The van der Waals surface area contributed by atoms with E-state index in [1.165, 1.54) is 0 Å². The zero-order valence-corrected chi connectivity index (χ0v) is 11.9. The van der Waals surface area contributed by atoms with Crippen LogP contribution in [0.1, 0.15) is 26.2 Å². The first-order chi connectivity index (χ1) is 9.09. The van der Waals surface area contributed by atoms with E-state index in [9.17, 15) is 14.7 Å². The summed E-state index contributed by atoms with van der Waals surface area (Å²) in [5.41, 5.74) is 0. The van der Waals surface area contributed by atoms with Crippen LogP contribution in [-0.4, -0.2) is 51.6 Å². The fraction of sp³-hybridized carbons (Fsp3) is 0.846. The number of hydrogen-bond donors (Lipinski definition) is 2. The highest BCUT2D eigenvalue weighted by Crippen LogP contribution is 2.45. The van der Waals surface area contributed by atoms with E-state index in [-0.39, 0.29) is 17.3 Å². The molecule has 1 amide bonds. The Balaban J connectivity index is 1.80. The summed E-state index contributed by atoms with van der Waals surface area (Å²) in [7, 11) is 0. The summed E-state index contributed by atoms with van der Waals surface area (Å²) >= 11 is 1.64. The Labute approximate surface area is 117 Å². The van der Waals surface area contributed by atoms with E-state index in [4.69, 9.17) is 0 Å². The highest BCUT2D eigenvalue weighted by Gasteiger charge is 2.50. The van der Waals surface area contributed by atoms with Gasteiger partial charge in [0.2, 0.25) is 5.91 Å². The summed E-state index contributed by atoms with van der Waals surface area (Å²) in [6.07, 6.45) is 3.24. The van der Waals surface area contributed by atoms with Gasteiger partial charge in [0, 0.05) is 5.75 Å². The summed E-state index contributed by atoms with van der Waals surface area (Å²) in [6, 6.07) is -0.834. The number of nitrogens with one attached hydrogen (secondary N) is 1. The number of carbonyl (C=O) groups is 2. The van der Waals surface area contributed by atoms with Gasteiger partial charge in [-0.1, -0.05) is 6.92 Å². The Bertz CT molecular complexity index is 399. The molecule has 3 rings (SSSR count). The quantitative estimate of drug-likeness (QED) is 0.800. The molecule has 2 heterocycles. The molecule has 4 atom stereocenters. The van der Waals surface area contributed by atoms with E-state index in [0.29, 0.717) is 17.6 Å². The molecule has 0 spiro atoms. The van der Waals surface area contributed by atoms with Gasteiger partial charge in [0.1, 0.15) is 6.04 Å². The standard InChI is InChI=1S/C13H20N2O3S/c1-7-4-5-14-10(7)11(16)15-9(13(17)18)6-19-12(15)8-2-3-8/h7-10,12,14H,2-6H2,1H3,(H,17,18). The van der Waals surface area contributed by atoms with E-state index in [1.54, 1.807) is 16.7 Å². The summed E-state index contributed by atoms with van der Waals surface area (Å²) in [5.74, 6) is 0.472. The smallest absolute Gasteiger partial charge is 0.327 e. The van der Waals surface area contributed by atoms with Gasteiger partial charge in [-0.05, 0) is 37.6 Å². The zero-order chi connectivity index (χ0) is 13.6. The van der Waals surface area contributed by atoms with Crippen molar-refractivity contribution in [2.75, 3.05) is 12.3 Å². The summed E-state index contributed by atoms with van der Waals surface area (Å²) < 4.78 is 0. The highest BCUT2D eigenvalue weighted by atomic mass is 32.2. The molecule has 0 aromatic heterocycles. The summed E-state index contributed by atoms with van der Waals surface area (Å²) in [5, 5.41) is 12.6. The largest absolute Gasteiger partial charge is 0.480 e. The third-order valence-corrected chi connectivity index (χ3v) is 5.86. The molecule has 6 heteroatoms. The number of carboxylic acid groups (broad SMARTS) is 1. The lowest BCUT2D eigenvalue weighted by Crippen LogP contribution is -2.53. The van der Waals surface area contributed by atoms with Gasteiger partial charge in [0.15, 0.2) is 0 Å². The van der Waals surface area contributed by atoms with Crippen molar-refractivity contribution in [2.24, 2.45) is 11.8 Å². The third-order valence-electron chi connectivity index (χ3n) is 4.40. The minimum atomic E-state index is -0.866. The minimum Gasteiger partial charge on any atom is -0.480 e. The number of amides is 1. The predicted molar refractivity (Wildman–Crippen MR) is 72.8 cm³/mol. The lowest BCUT2D eigenvalue weighted by molar-refractivity contribution is -0.150. The van der Waals surface area contributed by atoms with Crippen molar-refractivity contribution >= 4 is 23.6 Å². The van der Waals surface area contributed by atoms with Crippen LogP contribution >= 0.6 is 11.8 Å². The maximum atomic E-state index is 12.7. The molecule has 0 aromatic rings. The SMILES string of the molecule is CC1CCNC1C(=O)N1C(C(=O)O)CSC1C1CC1. The van der Waals surface area contributed by atoms with E-state index in [0.717, 1.165) is 25.8 Å². The average molecular weight is 284 g/mol. The number of thioether (sulfide) groups is 1. The number of carboxylic acids is 1. The molecule has 1 saturated carbocycles. The van der Waals surface area contributed by atoms with Gasteiger partial charge >= 0.3 is 5.97 Å².